The molecule has 2 aliphatic heterocycles. The maximum atomic E-state index is 7.67. The standard InChI is InChI=1S/C26H24P2.2C26H17Si.2Au/c1-5-13-23(14-6-1)27(24-15-7-2-8-16-24)21-22-28(25-17-9-3-10-18-25)26-19-11-4-12-20-26;1-2-20-17-18-26-24(19-20)23-15-9-10-16-25(23)27(26,21-11-5-3-6-12-21)22-13-7-4-8-14-22;1-2-20-17-18-24-23-15-9-10-16-25(23)27(26(24)19-20,21-11-5-3-6-12-21)22-13-7-4-8-14-22;;/h1-20H,21-22H2;2*3-19H;;/q;2*-1;2*+1/p+2. The first kappa shape index (κ1) is 59.7. The number of rotatable bonds is 11. The number of hydrogen-bond acceptors (Lipinski definition) is 0. The normalized spacial score (nSPS) is 12.3. The average molecular weight is 1510 g/mol. The smallest absolute Gasteiger partial charge is 0.366 e. The predicted octanol–water partition coefficient (Wildman–Crippen LogP) is 10.7. The molecule has 0 unspecified atom stereocenters. The largest absolute Gasteiger partial charge is 1.00 e. The number of fused-ring (bicyclic) bond motifs is 6. The fraction of sp³-hybridized carbons (Fsp3) is 0.0256. The van der Waals surface area contributed by atoms with Crippen LogP contribution in [0.15, 0.2) is 328 Å². The summed E-state index contributed by atoms with van der Waals surface area (Å²) in [5, 5.41) is 17.2. The Balaban J connectivity index is 0.000000139. The molecule has 0 aliphatic carbocycles. The minimum Gasteiger partial charge on any atom is -0.366 e. The summed E-state index contributed by atoms with van der Waals surface area (Å²) in [5.41, 5.74) is 6.83. The second-order valence-corrected chi connectivity index (χ2v) is 33.4. The zero-order chi connectivity index (χ0) is 55.6. The maximum Gasteiger partial charge on any atom is 1.00 e. The van der Waals surface area contributed by atoms with E-state index in [9.17, 15) is 0 Å². The minimum absolute atomic E-state index is 0. The second kappa shape index (κ2) is 27.9. The molecule has 0 saturated heterocycles. The van der Waals surface area contributed by atoms with Gasteiger partial charge in [-0.05, 0) is 107 Å². The average Bonchev–Trinajstić information content (AvgIpc) is 3.51. The van der Waals surface area contributed by atoms with Crippen LogP contribution in [0.3, 0.4) is 0 Å². The topological polar surface area (TPSA) is 0 Å². The molecule has 14 rings (SSSR count). The van der Waals surface area contributed by atoms with E-state index in [0.717, 1.165) is 11.1 Å². The van der Waals surface area contributed by atoms with Gasteiger partial charge in [-0.1, -0.05) is 260 Å². The Labute approximate surface area is 532 Å². The van der Waals surface area contributed by atoms with Gasteiger partial charge in [-0.25, -0.2) is 0 Å². The van der Waals surface area contributed by atoms with E-state index in [-0.39, 0.29) is 44.8 Å². The molecule has 410 valence electrons. The van der Waals surface area contributed by atoms with Crippen molar-refractivity contribution in [2.45, 2.75) is 0 Å². The number of benzene rings is 12. The summed E-state index contributed by atoms with van der Waals surface area (Å²) in [6.45, 7) is 0. The Morgan fingerprint density at radius 2 is 0.512 bits per heavy atom. The SMILES string of the molecule is [Au+].[Au+].[C-]#Cc1ccc2c(c1)-c1ccccc1[Si]2(c1ccccc1)c1ccccc1.[C-]#Cc1ccc2c(c1)[Si](c1ccccc1)(c1ccccc1)c1ccccc1-2.c1ccc([PH+](CC[PH+](c2ccccc2)c2ccccc2)c2ccccc2)cc1. The van der Waals surface area contributed by atoms with Gasteiger partial charge in [0.25, 0.3) is 0 Å². The van der Waals surface area contributed by atoms with E-state index in [1.165, 1.54) is 97.3 Å². The molecule has 0 spiro atoms. The molecule has 0 atom stereocenters. The first-order valence-electron chi connectivity index (χ1n) is 28.1. The van der Waals surface area contributed by atoms with Gasteiger partial charge in [-0.2, -0.15) is 0 Å². The third-order valence-corrected chi connectivity index (χ3v) is 32.2. The summed E-state index contributed by atoms with van der Waals surface area (Å²) in [6.07, 6.45) is 17.8. The van der Waals surface area contributed by atoms with Gasteiger partial charge in [0.05, 0.1) is 37.1 Å². The number of hydrogen-bond donors (Lipinski definition) is 0. The summed E-state index contributed by atoms with van der Waals surface area (Å²) in [7, 11) is -6.31. The Morgan fingerprint density at radius 3 is 0.869 bits per heavy atom. The molecule has 6 heteroatoms. The Kier molecular flexibility index (Phi) is 19.9. The minimum atomic E-state index is -2.40. The monoisotopic (exact) mass is 1510 g/mol. The van der Waals surface area contributed by atoms with Crippen LogP contribution >= 0.6 is 15.8 Å². The summed E-state index contributed by atoms with van der Waals surface area (Å²) < 4.78 is 0. The van der Waals surface area contributed by atoms with Crippen molar-refractivity contribution in [1.82, 2.24) is 0 Å². The molecular formula is C78H60Au2P2Si2+2. The second-order valence-electron chi connectivity index (χ2n) is 20.7. The van der Waals surface area contributed by atoms with Crippen LogP contribution in [0.1, 0.15) is 11.1 Å². The van der Waals surface area contributed by atoms with Gasteiger partial charge < -0.3 is 12.8 Å². The van der Waals surface area contributed by atoms with Crippen LogP contribution in [0.25, 0.3) is 22.3 Å². The summed E-state index contributed by atoms with van der Waals surface area (Å²) in [6, 6.07) is 119. The van der Waals surface area contributed by atoms with Crippen LogP contribution in [0.4, 0.5) is 0 Å². The van der Waals surface area contributed by atoms with Crippen molar-refractivity contribution in [2.24, 2.45) is 0 Å². The Morgan fingerprint density at radius 1 is 0.250 bits per heavy atom. The summed E-state index contributed by atoms with van der Waals surface area (Å²) in [5.74, 6) is 5.16. The van der Waals surface area contributed by atoms with E-state index >= 15 is 0 Å². The zero-order valence-electron chi connectivity index (χ0n) is 46.2. The molecule has 12 aromatic carbocycles. The molecule has 2 aliphatic rings. The van der Waals surface area contributed by atoms with Crippen LogP contribution in [0.5, 0.6) is 0 Å². The predicted molar refractivity (Wildman–Crippen MR) is 361 cm³/mol. The molecule has 2 heterocycles. The quantitative estimate of drug-likeness (QED) is 0.0524. The molecule has 0 radical (unpaired) electrons. The summed E-state index contributed by atoms with van der Waals surface area (Å²) in [4.78, 5) is 0. The van der Waals surface area contributed by atoms with Crippen molar-refractivity contribution in [3.63, 3.8) is 0 Å². The molecule has 0 nitrogen and oxygen atoms in total. The van der Waals surface area contributed by atoms with Crippen molar-refractivity contribution in [3.8, 4) is 34.1 Å². The fourth-order valence-corrected chi connectivity index (χ4v) is 29.3. The van der Waals surface area contributed by atoms with Gasteiger partial charge in [0.15, 0.2) is 16.1 Å². The zero-order valence-corrected chi connectivity index (χ0v) is 54.5. The van der Waals surface area contributed by atoms with Gasteiger partial charge in [0.1, 0.15) is 12.3 Å². The van der Waals surface area contributed by atoms with Crippen molar-refractivity contribution in [2.75, 3.05) is 12.3 Å². The first-order chi connectivity index (χ1) is 40.6. The van der Waals surface area contributed by atoms with Crippen molar-refractivity contribution >= 4 is 94.7 Å². The molecule has 0 N–H and O–H groups in total. The van der Waals surface area contributed by atoms with E-state index in [1.807, 2.05) is 12.1 Å². The van der Waals surface area contributed by atoms with E-state index < -0.39 is 32.0 Å². The van der Waals surface area contributed by atoms with E-state index in [0.29, 0.717) is 0 Å². The van der Waals surface area contributed by atoms with Crippen molar-refractivity contribution in [3.05, 3.63) is 352 Å². The van der Waals surface area contributed by atoms with Gasteiger partial charge in [-0.3, -0.25) is 11.8 Å². The molecule has 0 amide bonds. The molecular weight excluding hydrogens is 1450 g/mol. The first-order valence-corrected chi connectivity index (χ1v) is 35.5. The molecule has 0 aromatic heterocycles. The van der Waals surface area contributed by atoms with Gasteiger partial charge in [-0.15, -0.1) is 35.4 Å². The fourth-order valence-electron chi connectivity index (χ4n) is 12.8. The molecule has 0 fully saturated rings. The molecule has 0 saturated carbocycles. The third kappa shape index (κ3) is 11.7. The Bertz CT molecular complexity index is 3940. The molecule has 0 bridgehead atoms. The van der Waals surface area contributed by atoms with Gasteiger partial charge in [0, 0.05) is 0 Å². The van der Waals surface area contributed by atoms with E-state index in [2.05, 4.69) is 327 Å². The van der Waals surface area contributed by atoms with Gasteiger partial charge >= 0.3 is 44.8 Å². The van der Waals surface area contributed by atoms with Crippen LogP contribution < -0.4 is 62.7 Å². The van der Waals surface area contributed by atoms with Crippen molar-refractivity contribution in [1.29, 1.82) is 0 Å². The molecule has 84 heavy (non-hydrogen) atoms. The van der Waals surface area contributed by atoms with Crippen LogP contribution in [-0.2, 0) is 44.8 Å². The van der Waals surface area contributed by atoms with Gasteiger partial charge in [0.2, 0.25) is 0 Å². The van der Waals surface area contributed by atoms with E-state index in [4.69, 9.17) is 12.8 Å². The molecule has 12 aromatic rings. The third-order valence-electron chi connectivity index (χ3n) is 16.3. The Hall–Kier alpha value is -7.47. The van der Waals surface area contributed by atoms with Crippen LogP contribution in [0.2, 0.25) is 0 Å². The maximum absolute atomic E-state index is 7.67. The summed E-state index contributed by atoms with van der Waals surface area (Å²) >= 11 is 0. The van der Waals surface area contributed by atoms with Crippen LogP contribution in [0, 0.1) is 24.7 Å². The van der Waals surface area contributed by atoms with Crippen molar-refractivity contribution < 1.29 is 44.8 Å². The van der Waals surface area contributed by atoms with Crippen LogP contribution in [-0.4, -0.2) is 28.5 Å². The van der Waals surface area contributed by atoms with E-state index in [1.54, 1.807) is 0 Å².